The van der Waals surface area contributed by atoms with Crippen molar-refractivity contribution in [2.75, 3.05) is 13.2 Å². The van der Waals surface area contributed by atoms with E-state index in [1.54, 1.807) is 0 Å². The van der Waals surface area contributed by atoms with Crippen LogP contribution in [0.1, 0.15) is 30.1 Å². The Morgan fingerprint density at radius 3 is 2.31 bits per heavy atom. The number of allylic oxidation sites excluding steroid dienone is 1. The molecule has 2 aromatic carbocycles. The first-order valence-electron chi connectivity index (χ1n) is 9.54. The Morgan fingerprint density at radius 2 is 1.58 bits per heavy atom. The van der Waals surface area contributed by atoms with Gasteiger partial charge in [0.05, 0.1) is 25.4 Å². The van der Waals surface area contributed by atoms with Gasteiger partial charge in [-0.1, -0.05) is 72.8 Å². The van der Waals surface area contributed by atoms with Gasteiger partial charge in [-0.3, -0.25) is 0 Å². The third kappa shape index (κ3) is 4.24. The van der Waals surface area contributed by atoms with E-state index in [4.69, 9.17) is 14.2 Å². The molecule has 0 bridgehead atoms. The summed E-state index contributed by atoms with van der Waals surface area (Å²) in [4.78, 5) is 0. The van der Waals surface area contributed by atoms with Gasteiger partial charge in [-0.25, -0.2) is 0 Å². The molecule has 2 fully saturated rings. The van der Waals surface area contributed by atoms with Crippen molar-refractivity contribution in [3.8, 4) is 0 Å². The number of hydrogen-bond acceptors (Lipinski definition) is 3. The number of rotatable bonds is 6. The largest absolute Gasteiger partial charge is 0.366 e. The molecule has 2 heterocycles. The molecule has 3 heteroatoms. The minimum atomic E-state index is -0.146. The first-order chi connectivity index (χ1) is 12.9. The van der Waals surface area contributed by atoms with Gasteiger partial charge in [0.1, 0.15) is 0 Å². The Kier molecular flexibility index (Phi) is 5.80. The smallest absolute Gasteiger partial charge is 0.163 e. The van der Waals surface area contributed by atoms with E-state index >= 15 is 0 Å². The van der Waals surface area contributed by atoms with Crippen molar-refractivity contribution in [3.05, 3.63) is 83.9 Å². The second kappa shape index (κ2) is 8.63. The molecule has 3 nitrogen and oxygen atoms in total. The van der Waals surface area contributed by atoms with Gasteiger partial charge < -0.3 is 14.2 Å². The highest BCUT2D eigenvalue weighted by molar-refractivity contribution is 5.20. The average molecular weight is 350 g/mol. The van der Waals surface area contributed by atoms with Crippen LogP contribution in [-0.2, 0) is 20.6 Å². The maximum Gasteiger partial charge on any atom is 0.163 e. The predicted octanol–water partition coefficient (Wildman–Crippen LogP) is 4.69. The van der Waals surface area contributed by atoms with Crippen molar-refractivity contribution < 1.29 is 14.2 Å². The molecule has 0 saturated carbocycles. The Hall–Kier alpha value is -1.94. The molecule has 0 N–H and O–H groups in total. The van der Waals surface area contributed by atoms with Crippen LogP contribution >= 0.6 is 0 Å². The van der Waals surface area contributed by atoms with Gasteiger partial charge in [-0.15, -0.1) is 0 Å². The van der Waals surface area contributed by atoms with E-state index in [0.29, 0.717) is 13.2 Å². The standard InChI is InChI=1S/C23H26O3/c1-3-9-18(10-4-1)11-7-8-14-21-20(23-24-15-16-25-23)17-22(26-21)19-12-5-2-6-13-19/h1-6,8-10,12-14,20-23H,7,11,15-17H2/b14-8+/t20-,21+,22-/m0/s1. The van der Waals surface area contributed by atoms with Gasteiger partial charge in [-0.05, 0) is 30.4 Å². The van der Waals surface area contributed by atoms with Crippen LogP contribution in [0.3, 0.4) is 0 Å². The number of aryl methyl sites for hydroxylation is 1. The molecule has 0 unspecified atom stereocenters. The quantitative estimate of drug-likeness (QED) is 0.707. The fraction of sp³-hybridized carbons (Fsp3) is 0.391. The predicted molar refractivity (Wildman–Crippen MR) is 102 cm³/mol. The fourth-order valence-corrected chi connectivity index (χ4v) is 3.81. The summed E-state index contributed by atoms with van der Waals surface area (Å²) >= 11 is 0. The minimum absolute atomic E-state index is 0.0408. The molecule has 26 heavy (non-hydrogen) atoms. The number of ether oxygens (including phenoxy) is 3. The van der Waals surface area contributed by atoms with Crippen LogP contribution in [0.2, 0.25) is 0 Å². The third-order valence-electron chi connectivity index (χ3n) is 5.17. The zero-order valence-corrected chi connectivity index (χ0v) is 15.0. The molecule has 0 spiro atoms. The number of benzene rings is 2. The maximum atomic E-state index is 6.38. The maximum absolute atomic E-state index is 6.38. The molecule has 0 radical (unpaired) electrons. The van der Waals surface area contributed by atoms with E-state index in [0.717, 1.165) is 19.3 Å². The summed E-state index contributed by atoms with van der Waals surface area (Å²) in [7, 11) is 0. The molecular weight excluding hydrogens is 324 g/mol. The van der Waals surface area contributed by atoms with Gasteiger partial charge in [0, 0.05) is 5.92 Å². The second-order valence-corrected chi connectivity index (χ2v) is 6.96. The third-order valence-corrected chi connectivity index (χ3v) is 5.17. The minimum Gasteiger partial charge on any atom is -0.366 e. The highest BCUT2D eigenvalue weighted by atomic mass is 16.7. The lowest BCUT2D eigenvalue weighted by molar-refractivity contribution is -0.0940. The van der Waals surface area contributed by atoms with Gasteiger partial charge >= 0.3 is 0 Å². The zero-order chi connectivity index (χ0) is 17.6. The summed E-state index contributed by atoms with van der Waals surface area (Å²) < 4.78 is 18.0. The lowest BCUT2D eigenvalue weighted by Crippen LogP contribution is -2.27. The molecule has 2 aliphatic heterocycles. The summed E-state index contributed by atoms with van der Waals surface area (Å²) in [5.74, 6) is 0.246. The summed E-state index contributed by atoms with van der Waals surface area (Å²) in [5, 5.41) is 0. The van der Waals surface area contributed by atoms with Crippen molar-refractivity contribution in [1.82, 2.24) is 0 Å². The molecule has 2 aliphatic rings. The topological polar surface area (TPSA) is 27.7 Å². The normalized spacial score (nSPS) is 26.7. The molecule has 3 atom stereocenters. The van der Waals surface area contributed by atoms with Crippen molar-refractivity contribution in [3.63, 3.8) is 0 Å². The first kappa shape index (κ1) is 17.5. The second-order valence-electron chi connectivity index (χ2n) is 6.96. The zero-order valence-electron chi connectivity index (χ0n) is 15.0. The van der Waals surface area contributed by atoms with E-state index in [2.05, 4.69) is 66.7 Å². The molecule has 0 aliphatic carbocycles. The Balaban J connectivity index is 1.40. The molecule has 2 aromatic rings. The molecule has 136 valence electrons. The van der Waals surface area contributed by atoms with E-state index in [1.807, 2.05) is 6.07 Å². The van der Waals surface area contributed by atoms with Crippen LogP contribution in [0.15, 0.2) is 72.8 Å². The highest BCUT2D eigenvalue weighted by Gasteiger charge is 2.41. The lowest BCUT2D eigenvalue weighted by atomic mass is 9.95. The van der Waals surface area contributed by atoms with E-state index in [9.17, 15) is 0 Å². The van der Waals surface area contributed by atoms with Crippen LogP contribution < -0.4 is 0 Å². The lowest BCUT2D eigenvalue weighted by Gasteiger charge is -2.20. The van der Waals surface area contributed by atoms with Crippen LogP contribution in [0.4, 0.5) is 0 Å². The van der Waals surface area contributed by atoms with Gasteiger partial charge in [0.15, 0.2) is 6.29 Å². The molecule has 0 aromatic heterocycles. The van der Waals surface area contributed by atoms with Crippen LogP contribution in [0.5, 0.6) is 0 Å². The van der Waals surface area contributed by atoms with Gasteiger partial charge in [-0.2, -0.15) is 0 Å². The molecule has 0 amide bonds. The highest BCUT2D eigenvalue weighted by Crippen LogP contribution is 2.41. The molecule has 4 rings (SSSR count). The monoisotopic (exact) mass is 350 g/mol. The molecular formula is C23H26O3. The van der Waals surface area contributed by atoms with Crippen LogP contribution in [-0.4, -0.2) is 25.6 Å². The van der Waals surface area contributed by atoms with E-state index < -0.39 is 0 Å². The van der Waals surface area contributed by atoms with Gasteiger partial charge in [0.25, 0.3) is 0 Å². The summed E-state index contributed by atoms with van der Waals surface area (Å²) in [5.41, 5.74) is 2.60. The van der Waals surface area contributed by atoms with Crippen molar-refractivity contribution in [2.45, 2.75) is 37.8 Å². The van der Waals surface area contributed by atoms with Crippen LogP contribution in [0, 0.1) is 5.92 Å². The average Bonchev–Trinajstić information content (AvgIpc) is 3.36. The number of hydrogen-bond donors (Lipinski definition) is 0. The van der Waals surface area contributed by atoms with E-state index in [1.165, 1.54) is 11.1 Å². The Labute approximate surface area is 155 Å². The SMILES string of the molecule is C(=C\[C@H]1O[C@H](c2ccccc2)C[C@@H]1C1OCCO1)/CCc1ccccc1. The fourth-order valence-electron chi connectivity index (χ4n) is 3.81. The Bertz CT molecular complexity index is 692. The van der Waals surface area contributed by atoms with Gasteiger partial charge in [0.2, 0.25) is 0 Å². The summed E-state index contributed by atoms with van der Waals surface area (Å²) in [6.07, 6.45) is 7.45. The van der Waals surface area contributed by atoms with Crippen LogP contribution in [0.25, 0.3) is 0 Å². The summed E-state index contributed by atoms with van der Waals surface area (Å²) in [6, 6.07) is 21.0. The van der Waals surface area contributed by atoms with Crippen molar-refractivity contribution in [2.24, 2.45) is 5.92 Å². The Morgan fingerprint density at radius 1 is 0.885 bits per heavy atom. The summed E-state index contributed by atoms with van der Waals surface area (Å²) in [6.45, 7) is 1.36. The van der Waals surface area contributed by atoms with Crippen molar-refractivity contribution >= 4 is 0 Å². The first-order valence-corrected chi connectivity index (χ1v) is 9.54. The van der Waals surface area contributed by atoms with E-state index in [-0.39, 0.29) is 24.4 Å². The van der Waals surface area contributed by atoms with Crippen molar-refractivity contribution in [1.29, 1.82) is 0 Å². The molecule has 2 saturated heterocycles.